The molecule has 4 heterocycles. The fourth-order valence-corrected chi connectivity index (χ4v) is 4.25. The van der Waals surface area contributed by atoms with Crippen LogP contribution < -0.4 is 10.9 Å². The normalized spacial score (nSPS) is 11.7. The summed E-state index contributed by atoms with van der Waals surface area (Å²) < 4.78 is 9.63. The standard InChI is InChI=1S/C21H25N5O3S/c1-14(2)8-10-25-20(28)19-16(9-12-30-19)26-17(23-24-21(25)26)6-3-7-18(27)22-13-15-5-4-11-29-15/h4-5,9,11-12,14H,3,6-8,10,13H2,1-2H3,(H,22,27). The van der Waals surface area contributed by atoms with Gasteiger partial charge in [-0.1, -0.05) is 13.8 Å². The minimum absolute atomic E-state index is 0.00981. The third-order valence-corrected chi connectivity index (χ3v) is 5.94. The van der Waals surface area contributed by atoms with Crippen molar-refractivity contribution in [3.63, 3.8) is 0 Å². The number of carbonyl (C=O) groups excluding carboxylic acids is 1. The third-order valence-electron chi connectivity index (χ3n) is 5.05. The van der Waals surface area contributed by atoms with Gasteiger partial charge in [-0.15, -0.1) is 21.5 Å². The van der Waals surface area contributed by atoms with Gasteiger partial charge in [-0.05, 0) is 42.3 Å². The molecule has 0 saturated carbocycles. The first-order chi connectivity index (χ1) is 14.5. The van der Waals surface area contributed by atoms with E-state index < -0.39 is 0 Å². The van der Waals surface area contributed by atoms with Gasteiger partial charge in [0.15, 0.2) is 0 Å². The van der Waals surface area contributed by atoms with E-state index in [0.29, 0.717) is 48.7 Å². The van der Waals surface area contributed by atoms with Gasteiger partial charge in [0.05, 0.1) is 18.3 Å². The molecule has 0 saturated heterocycles. The number of hydrogen-bond acceptors (Lipinski definition) is 6. The van der Waals surface area contributed by atoms with Crippen molar-refractivity contribution in [2.75, 3.05) is 0 Å². The Morgan fingerprint density at radius 2 is 2.17 bits per heavy atom. The van der Waals surface area contributed by atoms with Crippen molar-refractivity contribution in [3.05, 3.63) is 51.8 Å². The summed E-state index contributed by atoms with van der Waals surface area (Å²) in [6.45, 7) is 5.27. The van der Waals surface area contributed by atoms with Crippen LogP contribution in [-0.4, -0.2) is 25.1 Å². The highest BCUT2D eigenvalue weighted by Gasteiger charge is 2.17. The monoisotopic (exact) mass is 427 g/mol. The van der Waals surface area contributed by atoms with E-state index in [2.05, 4.69) is 29.4 Å². The minimum Gasteiger partial charge on any atom is -0.467 e. The zero-order valence-corrected chi connectivity index (χ0v) is 17.9. The highest BCUT2D eigenvalue weighted by Crippen LogP contribution is 2.21. The minimum atomic E-state index is -0.0326. The van der Waals surface area contributed by atoms with E-state index in [0.717, 1.165) is 23.5 Å². The summed E-state index contributed by atoms with van der Waals surface area (Å²) in [4.78, 5) is 25.0. The van der Waals surface area contributed by atoms with Crippen LogP contribution in [0.15, 0.2) is 39.1 Å². The van der Waals surface area contributed by atoms with Crippen LogP contribution in [0.2, 0.25) is 0 Å². The van der Waals surface area contributed by atoms with Gasteiger partial charge in [-0.2, -0.15) is 0 Å². The molecule has 0 radical (unpaired) electrons. The lowest BCUT2D eigenvalue weighted by Crippen LogP contribution is -2.23. The molecule has 158 valence electrons. The summed E-state index contributed by atoms with van der Waals surface area (Å²) in [5, 5.41) is 13.4. The number of thiophene rings is 1. The summed E-state index contributed by atoms with van der Waals surface area (Å²) in [6, 6.07) is 5.56. The lowest BCUT2D eigenvalue weighted by atomic mass is 10.1. The zero-order chi connectivity index (χ0) is 21.1. The van der Waals surface area contributed by atoms with Crippen LogP contribution in [0, 0.1) is 5.92 Å². The largest absolute Gasteiger partial charge is 0.467 e. The number of amides is 1. The maximum absolute atomic E-state index is 12.9. The number of furan rings is 1. The highest BCUT2D eigenvalue weighted by atomic mass is 32.1. The van der Waals surface area contributed by atoms with E-state index in [1.165, 1.54) is 11.3 Å². The second kappa shape index (κ2) is 8.83. The zero-order valence-electron chi connectivity index (χ0n) is 17.1. The third kappa shape index (κ3) is 4.16. The Morgan fingerprint density at radius 1 is 1.30 bits per heavy atom. The Kier molecular flexibility index (Phi) is 5.98. The number of hydrogen-bond donors (Lipinski definition) is 1. The number of carbonyl (C=O) groups is 1. The molecular weight excluding hydrogens is 402 g/mol. The Bertz CT molecular complexity index is 1200. The van der Waals surface area contributed by atoms with Crippen LogP contribution in [0.1, 0.15) is 44.7 Å². The fourth-order valence-electron chi connectivity index (χ4n) is 3.43. The first-order valence-corrected chi connectivity index (χ1v) is 11.1. The van der Waals surface area contributed by atoms with Gasteiger partial charge in [0.1, 0.15) is 16.3 Å². The Hall–Kier alpha value is -2.94. The smallest absolute Gasteiger partial charge is 0.272 e. The van der Waals surface area contributed by atoms with Crippen LogP contribution in [0.5, 0.6) is 0 Å². The van der Waals surface area contributed by atoms with Crippen molar-refractivity contribution >= 4 is 33.2 Å². The van der Waals surface area contributed by atoms with E-state index in [4.69, 9.17) is 4.42 Å². The molecule has 1 amide bonds. The maximum atomic E-state index is 12.9. The van der Waals surface area contributed by atoms with Crippen LogP contribution in [0.3, 0.4) is 0 Å². The number of rotatable bonds is 9. The molecule has 8 nitrogen and oxygen atoms in total. The number of nitrogens with one attached hydrogen (secondary N) is 1. The van der Waals surface area contributed by atoms with E-state index in [1.807, 2.05) is 21.9 Å². The predicted molar refractivity (Wildman–Crippen MR) is 116 cm³/mol. The molecular formula is C21H25N5O3S. The topological polar surface area (TPSA) is 94.4 Å². The van der Waals surface area contributed by atoms with Crippen LogP contribution >= 0.6 is 11.3 Å². The van der Waals surface area contributed by atoms with Crippen molar-refractivity contribution < 1.29 is 9.21 Å². The molecule has 4 rings (SSSR count). The molecule has 0 atom stereocenters. The molecule has 0 aromatic carbocycles. The summed E-state index contributed by atoms with van der Waals surface area (Å²) in [7, 11) is 0. The Balaban J connectivity index is 1.50. The van der Waals surface area contributed by atoms with Gasteiger partial charge in [0.2, 0.25) is 11.7 Å². The summed E-state index contributed by atoms with van der Waals surface area (Å²) >= 11 is 1.44. The first kappa shape index (κ1) is 20.3. The molecule has 0 fully saturated rings. The van der Waals surface area contributed by atoms with E-state index in [9.17, 15) is 9.59 Å². The van der Waals surface area contributed by atoms with Gasteiger partial charge < -0.3 is 9.73 Å². The van der Waals surface area contributed by atoms with Crippen molar-refractivity contribution in [1.29, 1.82) is 0 Å². The second-order valence-electron chi connectivity index (χ2n) is 7.74. The van der Waals surface area contributed by atoms with Crippen molar-refractivity contribution in [2.24, 2.45) is 5.92 Å². The van der Waals surface area contributed by atoms with Crippen molar-refractivity contribution in [2.45, 2.75) is 52.6 Å². The highest BCUT2D eigenvalue weighted by molar-refractivity contribution is 7.17. The average molecular weight is 428 g/mol. The molecule has 0 aliphatic rings. The fraction of sp³-hybridized carbons (Fsp3) is 0.429. The summed E-state index contributed by atoms with van der Waals surface area (Å²) in [5.74, 6) is 2.52. The Labute approximate surface area is 177 Å². The number of aryl methyl sites for hydroxylation is 2. The van der Waals surface area contributed by atoms with Crippen molar-refractivity contribution in [1.82, 2.24) is 24.5 Å². The van der Waals surface area contributed by atoms with E-state index in [-0.39, 0.29) is 11.5 Å². The van der Waals surface area contributed by atoms with E-state index in [1.54, 1.807) is 16.9 Å². The average Bonchev–Trinajstić information content (AvgIpc) is 3.46. The summed E-state index contributed by atoms with van der Waals surface area (Å²) in [6.07, 6.45) is 4.11. The van der Waals surface area contributed by atoms with Gasteiger partial charge in [0, 0.05) is 19.4 Å². The summed E-state index contributed by atoms with van der Waals surface area (Å²) in [5.41, 5.74) is 0.826. The number of fused-ring (bicyclic) bond motifs is 3. The molecule has 0 unspecified atom stereocenters. The molecule has 0 bridgehead atoms. The maximum Gasteiger partial charge on any atom is 0.272 e. The van der Waals surface area contributed by atoms with Gasteiger partial charge in [0.25, 0.3) is 5.56 Å². The lowest BCUT2D eigenvalue weighted by Gasteiger charge is -2.10. The van der Waals surface area contributed by atoms with Crippen molar-refractivity contribution in [3.8, 4) is 0 Å². The van der Waals surface area contributed by atoms with Gasteiger partial charge in [-0.3, -0.25) is 18.6 Å². The molecule has 4 aromatic heterocycles. The van der Waals surface area contributed by atoms with E-state index >= 15 is 0 Å². The number of nitrogens with zero attached hydrogens (tertiary/aromatic N) is 4. The molecule has 9 heteroatoms. The SMILES string of the molecule is CC(C)CCn1c(=O)c2sccc2n2c(CCCC(=O)NCc3ccco3)nnc12. The van der Waals surface area contributed by atoms with Crippen LogP contribution in [0.4, 0.5) is 0 Å². The first-order valence-electron chi connectivity index (χ1n) is 10.2. The molecule has 0 spiro atoms. The predicted octanol–water partition coefficient (Wildman–Crippen LogP) is 3.38. The Morgan fingerprint density at radius 3 is 2.93 bits per heavy atom. The van der Waals surface area contributed by atoms with Gasteiger partial charge >= 0.3 is 0 Å². The van der Waals surface area contributed by atoms with Crippen LogP contribution in [-0.2, 0) is 24.3 Å². The molecule has 4 aromatic rings. The van der Waals surface area contributed by atoms with Gasteiger partial charge in [-0.25, -0.2) is 0 Å². The second-order valence-corrected chi connectivity index (χ2v) is 8.65. The molecule has 30 heavy (non-hydrogen) atoms. The molecule has 1 N–H and O–H groups in total. The number of aromatic nitrogens is 4. The van der Waals surface area contributed by atoms with Crippen LogP contribution in [0.25, 0.3) is 16.0 Å². The quantitative estimate of drug-likeness (QED) is 0.442. The molecule has 0 aliphatic carbocycles. The lowest BCUT2D eigenvalue weighted by molar-refractivity contribution is -0.121. The molecule has 0 aliphatic heterocycles.